The largest absolute Gasteiger partial charge is 0.377 e. The molecule has 1 heterocycles. The Hall–Kier alpha value is -0.980. The maximum Gasteiger partial charge on any atom is 0.273 e. The first-order valence-corrected chi connectivity index (χ1v) is 7.01. The molecule has 19 heavy (non-hydrogen) atoms. The van der Waals surface area contributed by atoms with E-state index in [2.05, 4.69) is 28.2 Å². The highest BCUT2D eigenvalue weighted by molar-refractivity contribution is 9.10. The molecule has 1 aromatic carbocycles. The van der Waals surface area contributed by atoms with Gasteiger partial charge in [-0.25, -0.2) is 0 Å². The van der Waals surface area contributed by atoms with Crippen molar-refractivity contribution in [3.05, 3.63) is 38.3 Å². The molecule has 1 aliphatic heterocycles. The normalized spacial score (nSPS) is 26.6. The predicted octanol–water partition coefficient (Wildman–Crippen LogP) is 3.01. The predicted molar refractivity (Wildman–Crippen MR) is 76.1 cm³/mol. The van der Waals surface area contributed by atoms with E-state index in [9.17, 15) is 10.1 Å². The lowest BCUT2D eigenvalue weighted by Gasteiger charge is -2.29. The van der Waals surface area contributed by atoms with Crippen LogP contribution in [0.3, 0.4) is 0 Å². The van der Waals surface area contributed by atoms with Gasteiger partial charge in [-0.2, -0.15) is 0 Å². The van der Waals surface area contributed by atoms with E-state index in [1.165, 1.54) is 6.07 Å². The number of halogens is 1. The van der Waals surface area contributed by atoms with E-state index >= 15 is 0 Å². The molecule has 1 N–H and O–H groups in total. The van der Waals surface area contributed by atoms with Crippen molar-refractivity contribution < 1.29 is 9.66 Å². The molecule has 2 unspecified atom stereocenters. The molecular formula is C13H17BrN2O3. The summed E-state index contributed by atoms with van der Waals surface area (Å²) in [5.41, 5.74) is 0.696. The highest BCUT2D eigenvalue weighted by atomic mass is 79.9. The standard InChI is InChI=1S/C13H17BrN2O3/c1-9-13(2,5-6-19-9)15-8-10-7-11(14)3-4-12(10)16(17)18/h3-4,7,9,15H,5-6,8H2,1-2H3. The Morgan fingerprint density at radius 1 is 1.63 bits per heavy atom. The number of nitrogens with zero attached hydrogens (tertiary/aromatic N) is 1. The Morgan fingerprint density at radius 3 is 2.95 bits per heavy atom. The first kappa shape index (κ1) is 14.4. The molecule has 1 saturated heterocycles. The van der Waals surface area contributed by atoms with Gasteiger partial charge in [-0.05, 0) is 32.4 Å². The molecule has 5 nitrogen and oxygen atoms in total. The Kier molecular flexibility index (Phi) is 4.23. The van der Waals surface area contributed by atoms with Gasteiger partial charge in [0.15, 0.2) is 0 Å². The molecule has 0 radical (unpaired) electrons. The van der Waals surface area contributed by atoms with Crippen LogP contribution in [0.4, 0.5) is 5.69 Å². The van der Waals surface area contributed by atoms with Crippen LogP contribution in [0.2, 0.25) is 0 Å². The van der Waals surface area contributed by atoms with Crippen molar-refractivity contribution in [1.29, 1.82) is 0 Å². The summed E-state index contributed by atoms with van der Waals surface area (Å²) < 4.78 is 6.40. The Bertz CT molecular complexity index is 495. The van der Waals surface area contributed by atoms with E-state index in [0.29, 0.717) is 12.1 Å². The van der Waals surface area contributed by atoms with E-state index in [-0.39, 0.29) is 22.3 Å². The summed E-state index contributed by atoms with van der Waals surface area (Å²) in [6.07, 6.45) is 1.02. The van der Waals surface area contributed by atoms with Gasteiger partial charge in [-0.15, -0.1) is 0 Å². The van der Waals surface area contributed by atoms with E-state index in [0.717, 1.165) is 17.5 Å². The van der Waals surface area contributed by atoms with Crippen LogP contribution in [0.15, 0.2) is 22.7 Å². The van der Waals surface area contributed by atoms with Gasteiger partial charge in [0.2, 0.25) is 0 Å². The lowest BCUT2D eigenvalue weighted by Crippen LogP contribution is -2.47. The van der Waals surface area contributed by atoms with Gasteiger partial charge < -0.3 is 10.1 Å². The summed E-state index contributed by atoms with van der Waals surface area (Å²) in [6.45, 7) is 5.30. The molecule has 0 bridgehead atoms. The highest BCUT2D eigenvalue weighted by Gasteiger charge is 2.36. The molecule has 1 aromatic rings. The molecule has 2 atom stereocenters. The second-order valence-electron chi connectivity index (χ2n) is 5.06. The average Bonchev–Trinajstić information content (AvgIpc) is 2.67. The number of rotatable bonds is 4. The topological polar surface area (TPSA) is 64.4 Å². The third-order valence-electron chi connectivity index (χ3n) is 3.81. The first-order valence-electron chi connectivity index (χ1n) is 6.22. The molecule has 1 aliphatic rings. The number of nitrogens with one attached hydrogen (secondary N) is 1. The summed E-state index contributed by atoms with van der Waals surface area (Å²) in [5.74, 6) is 0. The summed E-state index contributed by atoms with van der Waals surface area (Å²) in [5, 5.41) is 14.4. The number of nitro groups is 1. The Morgan fingerprint density at radius 2 is 2.37 bits per heavy atom. The van der Waals surface area contributed by atoms with Crippen LogP contribution in [-0.4, -0.2) is 23.2 Å². The minimum Gasteiger partial charge on any atom is -0.377 e. The van der Waals surface area contributed by atoms with Crippen LogP contribution in [0.25, 0.3) is 0 Å². The van der Waals surface area contributed by atoms with Crippen molar-refractivity contribution in [1.82, 2.24) is 5.32 Å². The van der Waals surface area contributed by atoms with Crippen LogP contribution in [0, 0.1) is 10.1 Å². The Balaban J connectivity index is 2.15. The lowest BCUT2D eigenvalue weighted by molar-refractivity contribution is -0.385. The third kappa shape index (κ3) is 3.13. The second-order valence-corrected chi connectivity index (χ2v) is 5.98. The monoisotopic (exact) mass is 328 g/mol. The third-order valence-corrected chi connectivity index (χ3v) is 4.30. The highest BCUT2D eigenvalue weighted by Crippen LogP contribution is 2.28. The fourth-order valence-corrected chi connectivity index (χ4v) is 2.65. The van der Waals surface area contributed by atoms with Gasteiger partial charge in [0, 0.05) is 34.8 Å². The number of nitro benzene ring substituents is 1. The van der Waals surface area contributed by atoms with Crippen LogP contribution in [-0.2, 0) is 11.3 Å². The number of ether oxygens (including phenoxy) is 1. The van der Waals surface area contributed by atoms with Gasteiger partial charge >= 0.3 is 0 Å². The summed E-state index contributed by atoms with van der Waals surface area (Å²) in [7, 11) is 0. The molecular weight excluding hydrogens is 312 g/mol. The minimum atomic E-state index is -0.347. The Labute approximate surface area is 120 Å². The fraction of sp³-hybridized carbons (Fsp3) is 0.538. The number of hydrogen-bond donors (Lipinski definition) is 1. The molecule has 0 aromatic heterocycles. The summed E-state index contributed by atoms with van der Waals surface area (Å²) in [6, 6.07) is 5.00. The molecule has 0 aliphatic carbocycles. The number of benzene rings is 1. The van der Waals surface area contributed by atoms with Crippen LogP contribution in [0.5, 0.6) is 0 Å². The molecule has 6 heteroatoms. The molecule has 104 valence electrons. The summed E-state index contributed by atoms with van der Waals surface area (Å²) in [4.78, 5) is 10.7. The van der Waals surface area contributed by atoms with Crippen molar-refractivity contribution in [3.8, 4) is 0 Å². The lowest BCUT2D eigenvalue weighted by atomic mass is 9.94. The molecule has 1 fully saturated rings. The van der Waals surface area contributed by atoms with Crippen molar-refractivity contribution in [2.75, 3.05) is 6.61 Å². The van der Waals surface area contributed by atoms with Crippen LogP contribution < -0.4 is 5.32 Å². The van der Waals surface area contributed by atoms with Gasteiger partial charge in [0.1, 0.15) is 0 Å². The van der Waals surface area contributed by atoms with E-state index in [1.54, 1.807) is 12.1 Å². The SMILES string of the molecule is CC1OCCC1(C)NCc1cc(Br)ccc1[N+](=O)[O-]. The van der Waals surface area contributed by atoms with Crippen LogP contribution >= 0.6 is 15.9 Å². The smallest absolute Gasteiger partial charge is 0.273 e. The van der Waals surface area contributed by atoms with E-state index in [4.69, 9.17) is 4.74 Å². The average molecular weight is 329 g/mol. The maximum absolute atomic E-state index is 11.0. The zero-order valence-electron chi connectivity index (χ0n) is 11.0. The van der Waals surface area contributed by atoms with Gasteiger partial charge in [-0.3, -0.25) is 10.1 Å². The minimum absolute atomic E-state index is 0.110. The second kappa shape index (κ2) is 5.56. The van der Waals surface area contributed by atoms with Crippen molar-refractivity contribution in [2.24, 2.45) is 0 Å². The zero-order valence-corrected chi connectivity index (χ0v) is 12.6. The van der Waals surface area contributed by atoms with Crippen molar-refractivity contribution in [3.63, 3.8) is 0 Å². The molecule has 0 amide bonds. The molecule has 0 saturated carbocycles. The van der Waals surface area contributed by atoms with Gasteiger partial charge in [-0.1, -0.05) is 15.9 Å². The van der Waals surface area contributed by atoms with Crippen molar-refractivity contribution >= 4 is 21.6 Å². The van der Waals surface area contributed by atoms with Gasteiger partial charge in [0.05, 0.1) is 11.0 Å². The zero-order chi connectivity index (χ0) is 14.0. The van der Waals surface area contributed by atoms with Crippen LogP contribution in [0.1, 0.15) is 25.8 Å². The molecule has 0 spiro atoms. The maximum atomic E-state index is 11.0. The quantitative estimate of drug-likeness (QED) is 0.681. The fourth-order valence-electron chi connectivity index (χ4n) is 2.24. The van der Waals surface area contributed by atoms with Gasteiger partial charge in [0.25, 0.3) is 5.69 Å². The summed E-state index contributed by atoms with van der Waals surface area (Å²) >= 11 is 3.35. The molecule has 2 rings (SSSR count). The van der Waals surface area contributed by atoms with E-state index < -0.39 is 0 Å². The van der Waals surface area contributed by atoms with E-state index in [1.807, 2.05) is 6.92 Å². The van der Waals surface area contributed by atoms with Crippen molar-refractivity contribution in [2.45, 2.75) is 38.5 Å². The first-order chi connectivity index (χ1) is 8.92. The number of hydrogen-bond acceptors (Lipinski definition) is 4.